The van der Waals surface area contributed by atoms with Gasteiger partial charge in [0, 0.05) is 16.5 Å². The average molecular weight is 681 g/mol. The van der Waals surface area contributed by atoms with Crippen LogP contribution in [0.5, 0.6) is 0 Å². The van der Waals surface area contributed by atoms with Crippen molar-refractivity contribution in [3.05, 3.63) is 210 Å². The number of fused-ring (bicyclic) bond motifs is 5. The number of benzene rings is 8. The van der Waals surface area contributed by atoms with Gasteiger partial charge < -0.3 is 5.73 Å². The molecular weight excluding hydrogens is 641 g/mol. The highest BCUT2D eigenvalue weighted by molar-refractivity contribution is 6.02. The third kappa shape index (κ3) is 5.83. The highest BCUT2D eigenvalue weighted by atomic mass is 14.9. The molecule has 9 rings (SSSR count). The van der Waals surface area contributed by atoms with Crippen molar-refractivity contribution in [1.82, 2.24) is 0 Å². The van der Waals surface area contributed by atoms with Crippen LogP contribution in [0.1, 0.15) is 41.7 Å². The zero-order valence-corrected chi connectivity index (χ0v) is 30.1. The zero-order valence-electron chi connectivity index (χ0n) is 30.1. The molecule has 1 aliphatic rings. The Balaban J connectivity index is 1.17. The van der Waals surface area contributed by atoms with E-state index in [0.717, 1.165) is 22.4 Å². The minimum absolute atomic E-state index is 0.112. The monoisotopic (exact) mass is 680 g/mol. The maximum atomic E-state index is 6.75. The van der Waals surface area contributed by atoms with E-state index >= 15 is 0 Å². The molecule has 0 bridgehead atoms. The molecule has 0 radical (unpaired) electrons. The summed E-state index contributed by atoms with van der Waals surface area (Å²) in [4.78, 5) is 5.14. The molecule has 0 atom stereocenters. The van der Waals surface area contributed by atoms with Crippen molar-refractivity contribution in [2.45, 2.75) is 25.7 Å². The highest BCUT2D eigenvalue weighted by Crippen LogP contribution is 2.53. The number of hydrogen-bond donors (Lipinski definition) is 1. The first-order valence-electron chi connectivity index (χ1n) is 18.4. The lowest BCUT2D eigenvalue weighted by atomic mass is 9.81. The van der Waals surface area contributed by atoms with E-state index in [1.807, 2.05) is 30.3 Å². The van der Waals surface area contributed by atoms with E-state index in [-0.39, 0.29) is 5.41 Å². The van der Waals surface area contributed by atoms with Gasteiger partial charge in [-0.05, 0) is 96.2 Å². The number of aliphatic imine (C=N–C) groups is 1. The van der Waals surface area contributed by atoms with Gasteiger partial charge in [-0.2, -0.15) is 0 Å². The SMILES string of the molecule is CC1(C)c2cc3ccccc3cc2-c2c(-c3cccc(/C(=C/Cc4ccccc4-c4cccc5ccccc45)N=C(N)c4ccccc4)c3)cccc21. The molecule has 0 aliphatic heterocycles. The van der Waals surface area contributed by atoms with E-state index in [0.29, 0.717) is 12.3 Å². The lowest BCUT2D eigenvalue weighted by Crippen LogP contribution is -2.14. The first kappa shape index (κ1) is 32.4. The molecule has 8 aromatic carbocycles. The smallest absolute Gasteiger partial charge is 0.131 e. The molecule has 0 spiro atoms. The van der Waals surface area contributed by atoms with Crippen molar-refractivity contribution in [2.75, 3.05) is 0 Å². The van der Waals surface area contributed by atoms with Gasteiger partial charge in [-0.25, -0.2) is 4.99 Å². The summed E-state index contributed by atoms with van der Waals surface area (Å²) in [5.41, 5.74) is 20.9. The van der Waals surface area contributed by atoms with Gasteiger partial charge in [0.05, 0.1) is 5.70 Å². The maximum Gasteiger partial charge on any atom is 0.131 e. The normalized spacial score (nSPS) is 13.6. The molecule has 0 saturated carbocycles. The molecule has 254 valence electrons. The molecule has 2 N–H and O–H groups in total. The molecule has 0 fully saturated rings. The molecule has 1 aliphatic carbocycles. The molecule has 0 heterocycles. The van der Waals surface area contributed by atoms with Gasteiger partial charge in [0.2, 0.25) is 0 Å². The van der Waals surface area contributed by atoms with Crippen LogP contribution >= 0.6 is 0 Å². The summed E-state index contributed by atoms with van der Waals surface area (Å²) < 4.78 is 0. The van der Waals surface area contributed by atoms with Gasteiger partial charge in [0.15, 0.2) is 0 Å². The molecule has 0 unspecified atom stereocenters. The number of amidine groups is 1. The van der Waals surface area contributed by atoms with Gasteiger partial charge in [-0.15, -0.1) is 0 Å². The van der Waals surface area contributed by atoms with E-state index < -0.39 is 0 Å². The van der Waals surface area contributed by atoms with Crippen molar-refractivity contribution >= 4 is 33.1 Å². The van der Waals surface area contributed by atoms with Crippen molar-refractivity contribution in [3.8, 4) is 33.4 Å². The predicted molar refractivity (Wildman–Crippen MR) is 225 cm³/mol. The fourth-order valence-corrected chi connectivity index (χ4v) is 8.22. The van der Waals surface area contributed by atoms with Crippen LogP contribution in [0.3, 0.4) is 0 Å². The third-order valence-corrected chi connectivity index (χ3v) is 11.0. The molecule has 0 saturated heterocycles. The standard InChI is InChI=1S/C51H40N2/c1-51(2)46-28-14-26-43(49(46)45-32-37-19-6-7-20-38(37)33-47(45)51)39-22-12-23-40(31-39)48(53-50(52)36-17-4-3-5-18-36)30-29-35-16-9-11-25-42(35)44-27-13-21-34-15-8-10-24-41(34)44/h3-28,30-33H,29H2,1-2H3,(H2,52,53)/b48-30-. The number of hydrogen-bond acceptors (Lipinski definition) is 1. The largest absolute Gasteiger partial charge is 0.383 e. The maximum absolute atomic E-state index is 6.75. The summed E-state index contributed by atoms with van der Waals surface area (Å²) in [7, 11) is 0. The quantitative estimate of drug-likeness (QED) is 0.132. The van der Waals surface area contributed by atoms with E-state index in [9.17, 15) is 0 Å². The van der Waals surface area contributed by atoms with Crippen molar-refractivity contribution in [3.63, 3.8) is 0 Å². The minimum atomic E-state index is -0.112. The zero-order chi connectivity index (χ0) is 35.9. The summed E-state index contributed by atoms with van der Waals surface area (Å²) >= 11 is 0. The van der Waals surface area contributed by atoms with Crippen LogP contribution in [0.25, 0.3) is 60.6 Å². The number of allylic oxidation sites excluding steroid dienone is 1. The minimum Gasteiger partial charge on any atom is -0.383 e. The second-order valence-corrected chi connectivity index (χ2v) is 14.5. The van der Waals surface area contributed by atoms with Gasteiger partial charge >= 0.3 is 0 Å². The summed E-state index contributed by atoms with van der Waals surface area (Å²) in [6.45, 7) is 4.70. The van der Waals surface area contributed by atoms with Crippen LogP contribution < -0.4 is 5.73 Å². The second kappa shape index (κ2) is 13.2. The van der Waals surface area contributed by atoms with Gasteiger partial charge in [-0.3, -0.25) is 0 Å². The van der Waals surface area contributed by atoms with Crippen molar-refractivity contribution in [2.24, 2.45) is 10.7 Å². The first-order chi connectivity index (χ1) is 26.0. The first-order valence-corrected chi connectivity index (χ1v) is 18.4. The van der Waals surface area contributed by atoms with Crippen LogP contribution in [0.15, 0.2) is 187 Å². The van der Waals surface area contributed by atoms with E-state index in [1.165, 1.54) is 66.1 Å². The summed E-state index contributed by atoms with van der Waals surface area (Å²) in [6, 6.07) is 62.9. The van der Waals surface area contributed by atoms with E-state index in [4.69, 9.17) is 10.7 Å². The molecule has 53 heavy (non-hydrogen) atoms. The highest BCUT2D eigenvalue weighted by Gasteiger charge is 2.37. The Kier molecular flexibility index (Phi) is 8.09. The number of rotatable bonds is 7. The van der Waals surface area contributed by atoms with E-state index in [1.54, 1.807) is 0 Å². The van der Waals surface area contributed by atoms with Crippen LogP contribution in [-0.2, 0) is 11.8 Å². The molecule has 2 nitrogen and oxygen atoms in total. The average Bonchev–Trinajstić information content (AvgIpc) is 3.43. The van der Waals surface area contributed by atoms with Gasteiger partial charge in [0.25, 0.3) is 0 Å². The molecule has 0 amide bonds. The van der Waals surface area contributed by atoms with E-state index in [2.05, 4.69) is 166 Å². The fourth-order valence-electron chi connectivity index (χ4n) is 8.22. The Bertz CT molecular complexity index is 2730. The van der Waals surface area contributed by atoms with Crippen LogP contribution in [0, 0.1) is 0 Å². The van der Waals surface area contributed by atoms with Gasteiger partial charge in [0.1, 0.15) is 5.84 Å². The fraction of sp³-hybridized carbons (Fsp3) is 0.0784. The van der Waals surface area contributed by atoms with Crippen LogP contribution in [0.4, 0.5) is 0 Å². The number of nitrogens with zero attached hydrogens (tertiary/aromatic N) is 1. The molecule has 8 aromatic rings. The Hall–Kier alpha value is -6.51. The van der Waals surface area contributed by atoms with Crippen LogP contribution in [0.2, 0.25) is 0 Å². The Labute approximate surface area is 311 Å². The Morgan fingerprint density at radius 1 is 0.528 bits per heavy atom. The summed E-state index contributed by atoms with van der Waals surface area (Å²) in [5.74, 6) is 0.493. The molecular formula is C51H40N2. The summed E-state index contributed by atoms with van der Waals surface area (Å²) in [6.07, 6.45) is 2.93. The Morgan fingerprint density at radius 2 is 1.15 bits per heavy atom. The number of nitrogens with two attached hydrogens (primary N) is 1. The topological polar surface area (TPSA) is 38.4 Å². The second-order valence-electron chi connectivity index (χ2n) is 14.5. The predicted octanol–water partition coefficient (Wildman–Crippen LogP) is 12.6. The van der Waals surface area contributed by atoms with Crippen LogP contribution in [-0.4, -0.2) is 5.84 Å². The lowest BCUT2D eigenvalue weighted by molar-refractivity contribution is 0.661. The third-order valence-electron chi connectivity index (χ3n) is 11.0. The molecule has 0 aromatic heterocycles. The van der Waals surface area contributed by atoms with Crippen molar-refractivity contribution < 1.29 is 0 Å². The van der Waals surface area contributed by atoms with Gasteiger partial charge in [-0.1, -0.05) is 178 Å². The Morgan fingerprint density at radius 3 is 2.00 bits per heavy atom. The lowest BCUT2D eigenvalue weighted by Gasteiger charge is -2.22. The molecule has 2 heteroatoms. The summed E-state index contributed by atoms with van der Waals surface area (Å²) in [5, 5.41) is 5.03. The van der Waals surface area contributed by atoms with Crippen molar-refractivity contribution in [1.29, 1.82) is 0 Å².